The molecule has 1 fully saturated rings. The van der Waals surface area contributed by atoms with Crippen molar-refractivity contribution in [3.63, 3.8) is 0 Å². The zero-order chi connectivity index (χ0) is 19.9. The molecule has 28 heavy (non-hydrogen) atoms. The molecule has 1 heterocycles. The molecule has 0 radical (unpaired) electrons. The summed E-state index contributed by atoms with van der Waals surface area (Å²) in [6.45, 7) is 1.99. The van der Waals surface area contributed by atoms with Gasteiger partial charge in [-0.05, 0) is 67.0 Å². The topological polar surface area (TPSA) is 92.3 Å². The third-order valence-corrected chi connectivity index (χ3v) is 6.81. The Balaban J connectivity index is 1.49. The molecule has 0 aromatic heterocycles. The lowest BCUT2D eigenvalue weighted by atomic mass is 10.0. The van der Waals surface area contributed by atoms with E-state index in [9.17, 15) is 18.0 Å². The van der Waals surface area contributed by atoms with Crippen LogP contribution in [0.15, 0.2) is 47.4 Å². The SMILES string of the molecule is Cc1ccccc1[C@@H]1C[C@H]1C(=O)NS(=O)(=O)c1ccc2c(c1)CCCC(=O)N2. The van der Waals surface area contributed by atoms with Gasteiger partial charge in [0.2, 0.25) is 11.8 Å². The molecule has 0 unspecified atom stereocenters. The summed E-state index contributed by atoms with van der Waals surface area (Å²) < 4.78 is 27.6. The molecule has 1 aliphatic carbocycles. The summed E-state index contributed by atoms with van der Waals surface area (Å²) in [4.78, 5) is 24.2. The number of rotatable bonds is 4. The number of fused-ring (bicyclic) bond motifs is 1. The highest BCUT2D eigenvalue weighted by Crippen LogP contribution is 2.48. The van der Waals surface area contributed by atoms with E-state index in [2.05, 4.69) is 10.0 Å². The van der Waals surface area contributed by atoms with Crippen LogP contribution in [-0.2, 0) is 26.0 Å². The Kier molecular flexibility index (Phi) is 4.71. The molecule has 0 bridgehead atoms. The second-order valence-electron chi connectivity index (χ2n) is 7.50. The van der Waals surface area contributed by atoms with Crippen molar-refractivity contribution < 1.29 is 18.0 Å². The maximum atomic E-state index is 12.7. The van der Waals surface area contributed by atoms with Gasteiger partial charge in [0.1, 0.15) is 0 Å². The Morgan fingerprint density at radius 3 is 2.71 bits per heavy atom. The highest BCUT2D eigenvalue weighted by Gasteiger charge is 2.45. The maximum Gasteiger partial charge on any atom is 0.264 e. The van der Waals surface area contributed by atoms with Crippen molar-refractivity contribution in [3.05, 3.63) is 59.2 Å². The van der Waals surface area contributed by atoms with Gasteiger partial charge >= 0.3 is 0 Å². The second-order valence-corrected chi connectivity index (χ2v) is 9.18. The van der Waals surface area contributed by atoms with Crippen molar-refractivity contribution >= 4 is 27.5 Å². The number of anilines is 1. The lowest BCUT2D eigenvalue weighted by molar-refractivity contribution is -0.120. The fraction of sp³-hybridized carbons (Fsp3) is 0.333. The van der Waals surface area contributed by atoms with Crippen LogP contribution < -0.4 is 10.0 Å². The van der Waals surface area contributed by atoms with Crippen molar-refractivity contribution in [2.75, 3.05) is 5.32 Å². The molecule has 146 valence electrons. The van der Waals surface area contributed by atoms with Gasteiger partial charge in [-0.1, -0.05) is 24.3 Å². The lowest BCUT2D eigenvalue weighted by Gasteiger charge is -2.11. The third-order valence-electron chi connectivity index (χ3n) is 5.46. The average Bonchev–Trinajstić information content (AvgIpc) is 3.44. The number of aryl methyl sites for hydroxylation is 2. The van der Waals surface area contributed by atoms with E-state index >= 15 is 0 Å². The van der Waals surface area contributed by atoms with Gasteiger partial charge in [0.15, 0.2) is 0 Å². The number of carbonyl (C=O) groups excluding carboxylic acids is 2. The van der Waals surface area contributed by atoms with Gasteiger partial charge in [-0.15, -0.1) is 0 Å². The number of hydrogen-bond acceptors (Lipinski definition) is 4. The standard InChI is InChI=1S/C21H22N2O4S/c1-13-5-2-3-7-16(13)17-12-18(17)21(25)23-28(26,27)15-9-10-19-14(11-15)6-4-8-20(24)22-19/h2-3,5,7,9-11,17-18H,4,6,8,12H2,1H3,(H,22,24)(H,23,25)/t17-,18+/m0/s1. The smallest absolute Gasteiger partial charge is 0.264 e. The van der Waals surface area contributed by atoms with Crippen LogP contribution in [0.4, 0.5) is 5.69 Å². The quantitative estimate of drug-likeness (QED) is 0.828. The molecule has 1 saturated carbocycles. The first kappa shape index (κ1) is 18.7. The van der Waals surface area contributed by atoms with E-state index in [1.807, 2.05) is 31.2 Å². The fourth-order valence-corrected chi connectivity index (χ4v) is 4.90. The molecular formula is C21H22N2O4S. The first-order valence-electron chi connectivity index (χ1n) is 9.40. The van der Waals surface area contributed by atoms with Crippen molar-refractivity contribution in [1.29, 1.82) is 0 Å². The van der Waals surface area contributed by atoms with Crippen LogP contribution in [0.1, 0.15) is 41.9 Å². The summed E-state index contributed by atoms with van der Waals surface area (Å²) in [5, 5.41) is 2.78. The first-order chi connectivity index (χ1) is 13.3. The van der Waals surface area contributed by atoms with E-state index in [-0.39, 0.29) is 22.6 Å². The second kappa shape index (κ2) is 7.05. The van der Waals surface area contributed by atoms with Crippen LogP contribution in [0.3, 0.4) is 0 Å². The molecule has 7 heteroatoms. The minimum absolute atomic E-state index is 0.0452. The summed E-state index contributed by atoms with van der Waals surface area (Å²) in [5.41, 5.74) is 3.61. The van der Waals surface area contributed by atoms with Crippen LogP contribution in [0.25, 0.3) is 0 Å². The van der Waals surface area contributed by atoms with E-state index in [0.29, 0.717) is 31.4 Å². The predicted octanol–water partition coefficient (Wildman–Crippen LogP) is 2.88. The molecule has 2 atom stereocenters. The van der Waals surface area contributed by atoms with Gasteiger partial charge in [-0.3, -0.25) is 9.59 Å². The Hall–Kier alpha value is -2.67. The highest BCUT2D eigenvalue weighted by atomic mass is 32.2. The van der Waals surface area contributed by atoms with Crippen molar-refractivity contribution in [3.8, 4) is 0 Å². The largest absolute Gasteiger partial charge is 0.326 e. The maximum absolute atomic E-state index is 12.7. The Bertz CT molecular complexity index is 1060. The molecule has 1 aliphatic heterocycles. The molecule has 2 amide bonds. The van der Waals surface area contributed by atoms with E-state index < -0.39 is 15.9 Å². The number of carbonyl (C=O) groups is 2. The zero-order valence-corrected chi connectivity index (χ0v) is 16.4. The number of hydrogen-bond donors (Lipinski definition) is 2. The normalized spacial score (nSPS) is 21.2. The van der Waals surface area contributed by atoms with Gasteiger partial charge in [0.05, 0.1) is 4.90 Å². The summed E-state index contributed by atoms with van der Waals surface area (Å²) >= 11 is 0. The summed E-state index contributed by atoms with van der Waals surface area (Å²) in [6.07, 6.45) is 2.34. The monoisotopic (exact) mass is 398 g/mol. The molecule has 0 saturated heterocycles. The molecule has 2 aliphatic rings. The molecule has 2 aromatic rings. The van der Waals surface area contributed by atoms with Gasteiger partial charge < -0.3 is 5.32 Å². The minimum Gasteiger partial charge on any atom is -0.326 e. The summed E-state index contributed by atoms with van der Waals surface area (Å²) in [6, 6.07) is 12.4. The molecule has 4 rings (SSSR count). The van der Waals surface area contributed by atoms with E-state index in [1.165, 1.54) is 6.07 Å². The van der Waals surface area contributed by atoms with Crippen LogP contribution in [0, 0.1) is 12.8 Å². The minimum atomic E-state index is -3.95. The first-order valence-corrected chi connectivity index (χ1v) is 10.9. The van der Waals surface area contributed by atoms with Crippen molar-refractivity contribution in [2.45, 2.75) is 43.4 Å². The Morgan fingerprint density at radius 2 is 1.93 bits per heavy atom. The Morgan fingerprint density at radius 1 is 1.14 bits per heavy atom. The average molecular weight is 398 g/mol. The van der Waals surface area contributed by atoms with Gasteiger partial charge in [0, 0.05) is 18.0 Å². The van der Waals surface area contributed by atoms with E-state index in [0.717, 1.165) is 16.7 Å². The van der Waals surface area contributed by atoms with Gasteiger partial charge in [0.25, 0.3) is 10.0 Å². The van der Waals surface area contributed by atoms with Gasteiger partial charge in [-0.25, -0.2) is 13.1 Å². The number of benzene rings is 2. The van der Waals surface area contributed by atoms with Crippen molar-refractivity contribution in [1.82, 2.24) is 4.72 Å². The van der Waals surface area contributed by atoms with Gasteiger partial charge in [-0.2, -0.15) is 0 Å². The fourth-order valence-electron chi connectivity index (χ4n) is 3.82. The van der Waals surface area contributed by atoms with Crippen LogP contribution in [0.2, 0.25) is 0 Å². The number of nitrogens with one attached hydrogen (secondary N) is 2. The molecule has 2 aromatic carbocycles. The van der Waals surface area contributed by atoms with Crippen molar-refractivity contribution in [2.24, 2.45) is 5.92 Å². The lowest BCUT2D eigenvalue weighted by Crippen LogP contribution is -2.32. The zero-order valence-electron chi connectivity index (χ0n) is 15.6. The molecule has 2 N–H and O–H groups in total. The molecular weight excluding hydrogens is 376 g/mol. The molecule has 6 nitrogen and oxygen atoms in total. The third kappa shape index (κ3) is 3.67. The Labute approximate surface area is 164 Å². The van der Waals surface area contributed by atoms with Crippen LogP contribution >= 0.6 is 0 Å². The van der Waals surface area contributed by atoms with Crippen LogP contribution in [0.5, 0.6) is 0 Å². The number of amides is 2. The predicted molar refractivity (Wildman–Crippen MR) is 105 cm³/mol. The number of sulfonamides is 1. The van der Waals surface area contributed by atoms with Crippen LogP contribution in [-0.4, -0.2) is 20.2 Å². The van der Waals surface area contributed by atoms with E-state index in [4.69, 9.17) is 0 Å². The molecule has 0 spiro atoms. The summed E-state index contributed by atoms with van der Waals surface area (Å²) in [7, 11) is -3.95. The van der Waals surface area contributed by atoms with E-state index in [1.54, 1.807) is 12.1 Å². The summed E-state index contributed by atoms with van der Waals surface area (Å²) in [5.74, 6) is -0.787. The highest BCUT2D eigenvalue weighted by molar-refractivity contribution is 7.90.